The van der Waals surface area contributed by atoms with E-state index in [9.17, 15) is 5.11 Å². The van der Waals surface area contributed by atoms with Crippen LogP contribution < -0.4 is 4.74 Å². The topological polar surface area (TPSA) is 45.8 Å². The third kappa shape index (κ3) is 2.91. The summed E-state index contributed by atoms with van der Waals surface area (Å²) in [6, 6.07) is 6.33. The average molecular weight is 362 g/mol. The Morgan fingerprint density at radius 3 is 2.92 bits per heavy atom. The summed E-state index contributed by atoms with van der Waals surface area (Å²) in [5.41, 5.74) is 3.77. The zero-order valence-electron chi connectivity index (χ0n) is 14.7. The van der Waals surface area contributed by atoms with Crippen LogP contribution in [0, 0.1) is 0 Å². The van der Waals surface area contributed by atoms with Gasteiger partial charge >= 0.3 is 0 Å². The quantitative estimate of drug-likeness (QED) is 0.821. The number of ether oxygens (including phenoxy) is 1. The lowest BCUT2D eigenvalue weighted by molar-refractivity contribution is 0.138. The normalized spacial score (nSPS) is 22.2. The molecule has 0 aliphatic carbocycles. The zero-order valence-corrected chi connectivity index (χ0v) is 15.5. The first-order chi connectivity index (χ1) is 12.1. The first kappa shape index (κ1) is 16.8. The lowest BCUT2D eigenvalue weighted by Gasteiger charge is -2.42. The molecule has 25 heavy (non-hydrogen) atoms. The molecule has 0 radical (unpaired) electrons. The Labute approximate surface area is 153 Å². The molecule has 0 amide bonds. The third-order valence-corrected chi connectivity index (χ3v) is 5.75. The van der Waals surface area contributed by atoms with Crippen molar-refractivity contribution in [2.24, 2.45) is 0 Å². The van der Waals surface area contributed by atoms with Crippen molar-refractivity contribution >= 4 is 11.6 Å². The third-order valence-electron chi connectivity index (χ3n) is 5.48. The standard InChI is InChI=1S/C20H24ClNO3/c1-12-10-22-11-13-6-14(4-3-5-21)25-19(13)9-17(22)16-7-18(23)20(24-2)8-15(12)16/h6-8,12,17,23H,3-5,9-11H2,1-2H3/t12?,17-/m0/s1. The molecule has 4 nitrogen and oxygen atoms in total. The number of phenolic OH excluding ortho intramolecular Hbond substituents is 1. The summed E-state index contributed by atoms with van der Waals surface area (Å²) in [5, 5.41) is 10.3. The number of aryl methyl sites for hydroxylation is 1. The van der Waals surface area contributed by atoms with Crippen molar-refractivity contribution in [1.29, 1.82) is 0 Å². The highest BCUT2D eigenvalue weighted by atomic mass is 35.5. The number of rotatable bonds is 4. The van der Waals surface area contributed by atoms with Gasteiger partial charge in [0.15, 0.2) is 11.5 Å². The highest BCUT2D eigenvalue weighted by Crippen LogP contribution is 2.45. The zero-order chi connectivity index (χ0) is 17.6. The molecular weight excluding hydrogens is 338 g/mol. The van der Waals surface area contributed by atoms with Crippen molar-refractivity contribution in [2.75, 3.05) is 19.5 Å². The molecule has 1 N–H and O–H groups in total. The predicted octanol–water partition coefficient (Wildman–Crippen LogP) is 4.38. The molecule has 0 saturated carbocycles. The van der Waals surface area contributed by atoms with Crippen LogP contribution in [-0.4, -0.2) is 29.5 Å². The van der Waals surface area contributed by atoms with Gasteiger partial charge in [-0.2, -0.15) is 0 Å². The first-order valence-electron chi connectivity index (χ1n) is 8.92. The van der Waals surface area contributed by atoms with E-state index in [4.69, 9.17) is 20.8 Å². The maximum atomic E-state index is 10.3. The van der Waals surface area contributed by atoms with Crippen LogP contribution in [0.4, 0.5) is 0 Å². The van der Waals surface area contributed by atoms with E-state index in [1.807, 2.05) is 12.1 Å². The number of benzene rings is 1. The van der Waals surface area contributed by atoms with Crippen LogP contribution in [0.5, 0.6) is 11.5 Å². The minimum absolute atomic E-state index is 0.211. The highest BCUT2D eigenvalue weighted by Gasteiger charge is 2.37. The fraction of sp³-hybridized carbons (Fsp3) is 0.500. The SMILES string of the molecule is COc1cc2c(cc1O)[C@@H]1Cc3oc(CCCCl)cc3CN1CC2C. The molecule has 2 aromatic rings. The van der Waals surface area contributed by atoms with Crippen LogP contribution in [0.15, 0.2) is 22.6 Å². The van der Waals surface area contributed by atoms with Gasteiger partial charge in [0, 0.05) is 43.4 Å². The molecule has 5 heteroatoms. The molecule has 134 valence electrons. The van der Waals surface area contributed by atoms with Gasteiger partial charge in [0.1, 0.15) is 11.5 Å². The summed E-state index contributed by atoms with van der Waals surface area (Å²) < 4.78 is 11.4. The van der Waals surface area contributed by atoms with Crippen LogP contribution >= 0.6 is 11.6 Å². The Bertz CT molecular complexity index is 785. The van der Waals surface area contributed by atoms with Crippen molar-refractivity contribution < 1.29 is 14.3 Å². The molecule has 0 spiro atoms. The van der Waals surface area contributed by atoms with Gasteiger partial charge in [0.05, 0.1) is 7.11 Å². The van der Waals surface area contributed by atoms with Crippen LogP contribution in [-0.2, 0) is 19.4 Å². The molecule has 4 rings (SSSR count). The second-order valence-electron chi connectivity index (χ2n) is 7.16. The number of fused-ring (bicyclic) bond motifs is 4. The number of alkyl halides is 1. The number of methoxy groups -OCH3 is 1. The number of aromatic hydroxyl groups is 1. The minimum atomic E-state index is 0.211. The fourth-order valence-corrected chi connectivity index (χ4v) is 4.39. The lowest BCUT2D eigenvalue weighted by atomic mass is 9.82. The van der Waals surface area contributed by atoms with E-state index in [0.717, 1.165) is 43.9 Å². The minimum Gasteiger partial charge on any atom is -0.504 e. The second-order valence-corrected chi connectivity index (χ2v) is 7.54. The first-order valence-corrected chi connectivity index (χ1v) is 9.45. The van der Waals surface area contributed by atoms with Crippen molar-refractivity contribution in [3.05, 3.63) is 46.4 Å². The van der Waals surface area contributed by atoms with Gasteiger partial charge in [-0.1, -0.05) is 6.92 Å². The molecular formula is C20H24ClNO3. The smallest absolute Gasteiger partial charge is 0.160 e. The Morgan fingerprint density at radius 2 is 2.16 bits per heavy atom. The van der Waals surface area contributed by atoms with Crippen molar-refractivity contribution in [3.8, 4) is 11.5 Å². The summed E-state index contributed by atoms with van der Waals surface area (Å²) in [7, 11) is 1.60. The van der Waals surface area contributed by atoms with Crippen LogP contribution in [0.25, 0.3) is 0 Å². The van der Waals surface area contributed by atoms with Gasteiger partial charge in [0.2, 0.25) is 0 Å². The fourth-order valence-electron chi connectivity index (χ4n) is 4.26. The van der Waals surface area contributed by atoms with Crippen LogP contribution in [0.3, 0.4) is 0 Å². The highest BCUT2D eigenvalue weighted by molar-refractivity contribution is 6.17. The van der Waals surface area contributed by atoms with E-state index in [-0.39, 0.29) is 11.8 Å². The van der Waals surface area contributed by atoms with Gasteiger partial charge in [-0.15, -0.1) is 11.6 Å². The maximum absolute atomic E-state index is 10.3. The van der Waals surface area contributed by atoms with Crippen molar-refractivity contribution in [2.45, 2.75) is 44.7 Å². The van der Waals surface area contributed by atoms with E-state index in [1.165, 1.54) is 16.7 Å². The van der Waals surface area contributed by atoms with Gasteiger partial charge in [-0.05, 0) is 41.7 Å². The average Bonchev–Trinajstić information content (AvgIpc) is 3.00. The number of phenols is 1. The summed E-state index contributed by atoms with van der Waals surface area (Å²) in [6.07, 6.45) is 2.68. The molecule has 0 fully saturated rings. The maximum Gasteiger partial charge on any atom is 0.160 e. The molecule has 2 atom stereocenters. The summed E-state index contributed by atoms with van der Waals surface area (Å²) >= 11 is 5.81. The van der Waals surface area contributed by atoms with E-state index < -0.39 is 0 Å². The molecule has 1 aromatic carbocycles. The predicted molar refractivity (Wildman–Crippen MR) is 97.7 cm³/mol. The Hall–Kier alpha value is -1.65. The van der Waals surface area contributed by atoms with Gasteiger partial charge in [-0.3, -0.25) is 4.90 Å². The molecule has 2 aliphatic rings. The van der Waals surface area contributed by atoms with E-state index in [2.05, 4.69) is 17.9 Å². The van der Waals surface area contributed by atoms with E-state index >= 15 is 0 Å². The van der Waals surface area contributed by atoms with Gasteiger partial charge in [0.25, 0.3) is 0 Å². The van der Waals surface area contributed by atoms with Gasteiger partial charge < -0.3 is 14.3 Å². The number of nitrogens with zero attached hydrogens (tertiary/aromatic N) is 1. The van der Waals surface area contributed by atoms with E-state index in [1.54, 1.807) is 7.11 Å². The largest absolute Gasteiger partial charge is 0.504 e. The lowest BCUT2D eigenvalue weighted by Crippen LogP contribution is -2.40. The van der Waals surface area contributed by atoms with Crippen molar-refractivity contribution in [3.63, 3.8) is 0 Å². The number of hydrogen-bond acceptors (Lipinski definition) is 4. The molecule has 1 aromatic heterocycles. The van der Waals surface area contributed by atoms with Crippen molar-refractivity contribution in [1.82, 2.24) is 4.90 Å². The van der Waals surface area contributed by atoms with E-state index in [0.29, 0.717) is 17.5 Å². The Balaban J connectivity index is 1.68. The Morgan fingerprint density at radius 1 is 1.32 bits per heavy atom. The molecule has 2 aliphatic heterocycles. The summed E-state index contributed by atoms with van der Waals surface area (Å²) in [5.74, 6) is 3.95. The van der Waals surface area contributed by atoms with Gasteiger partial charge in [-0.25, -0.2) is 0 Å². The Kier molecular flexibility index (Phi) is 4.42. The number of halogens is 1. The summed E-state index contributed by atoms with van der Waals surface area (Å²) in [4.78, 5) is 2.50. The molecule has 1 unspecified atom stereocenters. The van der Waals surface area contributed by atoms with Crippen LogP contribution in [0.2, 0.25) is 0 Å². The number of furan rings is 1. The summed E-state index contributed by atoms with van der Waals surface area (Å²) in [6.45, 7) is 4.15. The molecule has 3 heterocycles. The van der Waals surface area contributed by atoms with Crippen LogP contribution in [0.1, 0.15) is 53.5 Å². The molecule has 0 bridgehead atoms. The molecule has 0 saturated heterocycles. The second kappa shape index (κ2) is 6.58. The monoisotopic (exact) mass is 361 g/mol. The number of hydrogen-bond donors (Lipinski definition) is 1.